The van der Waals surface area contributed by atoms with Crippen LogP contribution in [-0.2, 0) is 10.0 Å². The van der Waals surface area contributed by atoms with E-state index in [9.17, 15) is 13.2 Å². The molecule has 0 aliphatic rings. The standard InChI is InChI=1S/C11H10BrN3O4S/c1-6-13-5-10(14-6)20(18,19)15-7-2-3-9(12)8(4-7)11(16)17/h2-5,15H,1H3,(H,13,14)(H,16,17). The van der Waals surface area contributed by atoms with Gasteiger partial charge in [0, 0.05) is 10.2 Å². The molecule has 0 aliphatic heterocycles. The van der Waals surface area contributed by atoms with Crippen molar-refractivity contribution in [1.82, 2.24) is 9.97 Å². The number of hydrogen-bond acceptors (Lipinski definition) is 4. The van der Waals surface area contributed by atoms with Crippen molar-refractivity contribution in [3.63, 3.8) is 0 Å². The van der Waals surface area contributed by atoms with Crippen molar-refractivity contribution < 1.29 is 18.3 Å². The lowest BCUT2D eigenvalue weighted by atomic mass is 10.2. The molecule has 20 heavy (non-hydrogen) atoms. The van der Waals surface area contributed by atoms with Gasteiger partial charge in [-0.3, -0.25) is 4.72 Å². The van der Waals surface area contributed by atoms with E-state index in [2.05, 4.69) is 30.6 Å². The Morgan fingerprint density at radius 1 is 1.45 bits per heavy atom. The lowest BCUT2D eigenvalue weighted by Gasteiger charge is -2.08. The van der Waals surface area contributed by atoms with Crippen LogP contribution in [0.3, 0.4) is 0 Å². The highest BCUT2D eigenvalue weighted by molar-refractivity contribution is 9.10. The van der Waals surface area contributed by atoms with E-state index in [1.54, 1.807) is 6.92 Å². The Balaban J connectivity index is 2.35. The van der Waals surface area contributed by atoms with Crippen LogP contribution in [0.5, 0.6) is 0 Å². The van der Waals surface area contributed by atoms with Crippen LogP contribution < -0.4 is 4.72 Å². The number of aromatic carboxylic acids is 1. The zero-order valence-corrected chi connectivity index (χ0v) is 12.6. The number of nitrogens with one attached hydrogen (secondary N) is 2. The lowest BCUT2D eigenvalue weighted by Crippen LogP contribution is -2.14. The molecule has 2 aromatic rings. The number of H-pyrrole nitrogens is 1. The number of hydrogen-bond donors (Lipinski definition) is 3. The second-order valence-electron chi connectivity index (χ2n) is 3.94. The Morgan fingerprint density at radius 3 is 2.70 bits per heavy atom. The van der Waals surface area contributed by atoms with E-state index in [4.69, 9.17) is 5.11 Å². The molecule has 1 aromatic heterocycles. The predicted octanol–water partition coefficient (Wildman–Crippen LogP) is 1.98. The third-order valence-corrected chi connectivity index (χ3v) is 4.40. The van der Waals surface area contributed by atoms with Gasteiger partial charge in [-0.1, -0.05) is 0 Å². The molecule has 0 fully saturated rings. The van der Waals surface area contributed by atoms with Gasteiger partial charge in [0.15, 0.2) is 5.03 Å². The van der Waals surface area contributed by atoms with E-state index in [0.29, 0.717) is 10.3 Å². The summed E-state index contributed by atoms with van der Waals surface area (Å²) >= 11 is 3.08. The number of anilines is 1. The largest absolute Gasteiger partial charge is 0.478 e. The van der Waals surface area contributed by atoms with Crippen LogP contribution in [0.2, 0.25) is 0 Å². The smallest absolute Gasteiger partial charge is 0.336 e. The quantitative estimate of drug-likeness (QED) is 0.772. The van der Waals surface area contributed by atoms with Crippen LogP contribution >= 0.6 is 15.9 Å². The summed E-state index contributed by atoms with van der Waals surface area (Å²) in [5, 5.41) is 8.90. The van der Waals surface area contributed by atoms with Crippen LogP contribution in [0.15, 0.2) is 33.9 Å². The van der Waals surface area contributed by atoms with Gasteiger partial charge in [-0.25, -0.2) is 9.78 Å². The summed E-state index contributed by atoms with van der Waals surface area (Å²) in [5.74, 6) is -0.692. The number of aromatic amines is 1. The Kier molecular flexibility index (Phi) is 3.82. The fourth-order valence-electron chi connectivity index (χ4n) is 1.50. The molecule has 0 unspecified atom stereocenters. The first kappa shape index (κ1) is 14.5. The zero-order valence-electron chi connectivity index (χ0n) is 10.2. The molecule has 1 aromatic carbocycles. The summed E-state index contributed by atoms with van der Waals surface area (Å²) in [4.78, 5) is 17.4. The Morgan fingerprint density at radius 2 is 2.15 bits per heavy atom. The summed E-state index contributed by atoms with van der Waals surface area (Å²) in [6, 6.07) is 4.14. The van der Waals surface area contributed by atoms with Crippen molar-refractivity contribution in [2.24, 2.45) is 0 Å². The van der Waals surface area contributed by atoms with Crippen molar-refractivity contribution in [2.45, 2.75) is 11.9 Å². The zero-order chi connectivity index (χ0) is 14.9. The van der Waals surface area contributed by atoms with Crippen molar-refractivity contribution >= 4 is 37.6 Å². The summed E-state index contributed by atoms with van der Waals surface area (Å²) in [6.07, 6.45) is 1.19. The van der Waals surface area contributed by atoms with Crippen LogP contribution in [0.4, 0.5) is 5.69 Å². The molecule has 0 saturated heterocycles. The van der Waals surface area contributed by atoms with E-state index < -0.39 is 16.0 Å². The number of aryl methyl sites for hydroxylation is 1. The average molecular weight is 360 g/mol. The number of carboxylic acid groups (broad SMARTS) is 1. The SMILES string of the molecule is Cc1ncc(S(=O)(=O)Nc2ccc(Br)c(C(=O)O)c2)[nH]1. The van der Waals surface area contributed by atoms with E-state index in [0.717, 1.165) is 0 Å². The second-order valence-corrected chi connectivity index (χ2v) is 6.44. The number of sulfonamides is 1. The fraction of sp³-hybridized carbons (Fsp3) is 0.0909. The molecule has 0 bridgehead atoms. The molecule has 3 N–H and O–H groups in total. The van der Waals surface area contributed by atoms with E-state index >= 15 is 0 Å². The molecule has 0 spiro atoms. The van der Waals surface area contributed by atoms with Crippen molar-refractivity contribution in [3.8, 4) is 0 Å². The number of halogens is 1. The van der Waals surface area contributed by atoms with Crippen LogP contribution in [0.1, 0.15) is 16.2 Å². The molecule has 0 atom stereocenters. The first-order chi connectivity index (χ1) is 9.29. The van der Waals surface area contributed by atoms with Crippen molar-refractivity contribution in [1.29, 1.82) is 0 Å². The summed E-state index contributed by atoms with van der Waals surface area (Å²) in [7, 11) is -3.82. The van der Waals surface area contributed by atoms with Gasteiger partial charge < -0.3 is 10.1 Å². The molecule has 0 saturated carbocycles. The molecule has 9 heteroatoms. The Bertz CT molecular complexity index is 770. The second kappa shape index (κ2) is 5.25. The van der Waals surface area contributed by atoms with Crippen LogP contribution in [0.25, 0.3) is 0 Å². The van der Waals surface area contributed by atoms with Gasteiger partial charge in [0.25, 0.3) is 10.0 Å². The average Bonchev–Trinajstić information content (AvgIpc) is 2.78. The Hall–Kier alpha value is -1.87. The van der Waals surface area contributed by atoms with E-state index in [1.165, 1.54) is 24.4 Å². The number of carboxylic acids is 1. The number of aromatic nitrogens is 2. The molecule has 0 radical (unpaired) electrons. The minimum Gasteiger partial charge on any atom is -0.478 e. The molecule has 7 nitrogen and oxygen atoms in total. The number of benzene rings is 1. The van der Waals surface area contributed by atoms with Crippen molar-refractivity contribution in [2.75, 3.05) is 4.72 Å². The molecular weight excluding hydrogens is 350 g/mol. The van der Waals surface area contributed by atoms with E-state index in [1.807, 2.05) is 0 Å². The van der Waals surface area contributed by atoms with Gasteiger partial charge in [-0.05, 0) is 41.1 Å². The number of imidazole rings is 1. The van der Waals surface area contributed by atoms with Crippen molar-refractivity contribution in [3.05, 3.63) is 40.3 Å². The fourth-order valence-corrected chi connectivity index (χ4v) is 2.93. The topological polar surface area (TPSA) is 112 Å². The lowest BCUT2D eigenvalue weighted by molar-refractivity contribution is 0.0696. The summed E-state index contributed by atoms with van der Waals surface area (Å²) in [5.41, 5.74) is 0.115. The summed E-state index contributed by atoms with van der Waals surface area (Å²) in [6.45, 7) is 1.63. The molecule has 106 valence electrons. The van der Waals surface area contributed by atoms with Gasteiger partial charge in [-0.15, -0.1) is 0 Å². The minimum absolute atomic E-state index is 0.0361. The Labute approximate surface area is 123 Å². The highest BCUT2D eigenvalue weighted by Crippen LogP contribution is 2.23. The first-order valence-electron chi connectivity index (χ1n) is 5.37. The predicted molar refractivity (Wildman–Crippen MR) is 75.2 cm³/mol. The summed E-state index contributed by atoms with van der Waals surface area (Å²) < 4.78 is 26.7. The molecule has 2 rings (SSSR count). The monoisotopic (exact) mass is 359 g/mol. The maximum Gasteiger partial charge on any atom is 0.336 e. The van der Waals surface area contributed by atoms with E-state index in [-0.39, 0.29) is 16.3 Å². The molecular formula is C11H10BrN3O4S. The molecule has 0 amide bonds. The van der Waals surface area contributed by atoms with Gasteiger partial charge in [0.1, 0.15) is 5.82 Å². The van der Waals surface area contributed by atoms with Gasteiger partial charge in [0.2, 0.25) is 0 Å². The number of rotatable bonds is 4. The first-order valence-corrected chi connectivity index (χ1v) is 7.64. The molecule has 0 aliphatic carbocycles. The third kappa shape index (κ3) is 2.99. The van der Waals surface area contributed by atoms with Gasteiger partial charge in [0.05, 0.1) is 11.8 Å². The van der Waals surface area contributed by atoms with Gasteiger partial charge >= 0.3 is 5.97 Å². The minimum atomic E-state index is -3.82. The van der Waals surface area contributed by atoms with Crippen LogP contribution in [-0.4, -0.2) is 29.5 Å². The normalized spacial score (nSPS) is 11.3. The highest BCUT2D eigenvalue weighted by atomic mass is 79.9. The van der Waals surface area contributed by atoms with Gasteiger partial charge in [-0.2, -0.15) is 8.42 Å². The number of carbonyl (C=O) groups is 1. The highest BCUT2D eigenvalue weighted by Gasteiger charge is 2.18. The molecule has 1 heterocycles. The maximum atomic E-state index is 12.0. The number of nitrogens with zero attached hydrogens (tertiary/aromatic N) is 1. The van der Waals surface area contributed by atoms with Crippen LogP contribution in [0, 0.1) is 6.92 Å². The third-order valence-electron chi connectivity index (χ3n) is 2.42. The maximum absolute atomic E-state index is 12.0.